The van der Waals surface area contributed by atoms with Gasteiger partial charge >= 0.3 is 5.97 Å². The molecule has 22 heavy (non-hydrogen) atoms. The number of nitrogens with zero attached hydrogens (tertiary/aromatic N) is 2. The summed E-state index contributed by atoms with van der Waals surface area (Å²) in [6, 6.07) is 8.12. The van der Waals surface area contributed by atoms with E-state index >= 15 is 0 Å². The van der Waals surface area contributed by atoms with Crippen molar-refractivity contribution in [1.29, 1.82) is 0 Å². The number of carbonyl (C=O) groups is 1. The fourth-order valence-electron chi connectivity index (χ4n) is 2.27. The van der Waals surface area contributed by atoms with Crippen molar-refractivity contribution in [2.75, 3.05) is 6.61 Å². The van der Waals surface area contributed by atoms with Crippen molar-refractivity contribution in [2.45, 2.75) is 39.7 Å². The predicted molar refractivity (Wildman–Crippen MR) is 90.0 cm³/mol. The average Bonchev–Trinajstić information content (AvgIpc) is 2.90. The van der Waals surface area contributed by atoms with Crippen LogP contribution in [0.3, 0.4) is 0 Å². The summed E-state index contributed by atoms with van der Waals surface area (Å²) in [5.41, 5.74) is 2.64. The van der Waals surface area contributed by atoms with Crippen LogP contribution in [0, 0.1) is 0 Å². The van der Waals surface area contributed by atoms with Crippen molar-refractivity contribution in [3.05, 3.63) is 51.8 Å². The van der Waals surface area contributed by atoms with Crippen molar-refractivity contribution >= 4 is 21.9 Å². The van der Waals surface area contributed by atoms with Crippen LogP contribution in [0.5, 0.6) is 0 Å². The highest BCUT2D eigenvalue weighted by Gasteiger charge is 2.18. The molecule has 0 saturated carbocycles. The molecule has 2 rings (SSSR count). The number of aryl methyl sites for hydroxylation is 1. The Morgan fingerprint density at radius 3 is 2.64 bits per heavy atom. The number of ether oxygens (including phenoxy) is 1. The molecule has 1 aromatic carbocycles. The van der Waals surface area contributed by atoms with Crippen molar-refractivity contribution in [3.8, 4) is 0 Å². The number of aromatic nitrogens is 2. The zero-order valence-corrected chi connectivity index (χ0v) is 14.6. The first-order chi connectivity index (χ1) is 10.7. The molecule has 4 nitrogen and oxygen atoms in total. The minimum absolute atomic E-state index is 0.294. The molecule has 0 aliphatic carbocycles. The lowest BCUT2D eigenvalue weighted by atomic mass is 10.1. The van der Waals surface area contributed by atoms with Gasteiger partial charge in [-0.15, -0.1) is 0 Å². The predicted octanol–water partition coefficient (Wildman–Crippen LogP) is 4.21. The third kappa shape index (κ3) is 4.19. The molecule has 118 valence electrons. The second-order valence-corrected chi connectivity index (χ2v) is 6.02. The molecule has 0 aliphatic heterocycles. The lowest BCUT2D eigenvalue weighted by Gasteiger charge is -2.09. The van der Waals surface area contributed by atoms with E-state index in [9.17, 15) is 4.79 Å². The van der Waals surface area contributed by atoms with Gasteiger partial charge in [0.05, 0.1) is 18.5 Å². The Labute approximate surface area is 139 Å². The zero-order valence-electron chi connectivity index (χ0n) is 13.0. The van der Waals surface area contributed by atoms with E-state index in [0.717, 1.165) is 35.1 Å². The number of benzene rings is 1. The molecule has 2 aromatic rings. The Balaban J connectivity index is 2.29. The highest BCUT2D eigenvalue weighted by atomic mass is 79.9. The molecular weight excluding hydrogens is 344 g/mol. The van der Waals surface area contributed by atoms with Gasteiger partial charge in [-0.2, -0.15) is 5.10 Å². The quantitative estimate of drug-likeness (QED) is 0.691. The van der Waals surface area contributed by atoms with Gasteiger partial charge in [0.2, 0.25) is 0 Å². The van der Waals surface area contributed by atoms with E-state index < -0.39 is 0 Å². The Bertz CT molecular complexity index is 620. The molecule has 1 heterocycles. The van der Waals surface area contributed by atoms with Crippen LogP contribution in [0.2, 0.25) is 0 Å². The van der Waals surface area contributed by atoms with E-state index in [2.05, 4.69) is 40.1 Å². The van der Waals surface area contributed by atoms with Gasteiger partial charge in [0.15, 0.2) is 0 Å². The van der Waals surface area contributed by atoms with Gasteiger partial charge in [-0.1, -0.05) is 41.4 Å². The molecule has 0 fully saturated rings. The number of halogens is 1. The van der Waals surface area contributed by atoms with Crippen molar-refractivity contribution < 1.29 is 9.53 Å². The lowest BCUT2D eigenvalue weighted by molar-refractivity contribution is 0.0525. The number of carbonyl (C=O) groups excluding carboxylic acids is 1. The van der Waals surface area contributed by atoms with Crippen LogP contribution in [0.15, 0.2) is 34.9 Å². The van der Waals surface area contributed by atoms with Crippen LogP contribution >= 0.6 is 15.9 Å². The molecule has 0 atom stereocenters. The molecular formula is C17H21BrN2O2. The van der Waals surface area contributed by atoms with Gasteiger partial charge in [0, 0.05) is 17.4 Å². The standard InChI is InChI=1S/C17H21BrN2O2/c1-3-5-10-20-16(11-13-6-8-14(18)9-7-13)15(12-19-20)17(21)22-4-2/h6-9,12H,3-5,10-11H2,1-2H3. The number of hydrogen-bond donors (Lipinski definition) is 0. The van der Waals surface area contributed by atoms with E-state index in [4.69, 9.17) is 4.74 Å². The molecule has 0 unspecified atom stereocenters. The minimum Gasteiger partial charge on any atom is -0.462 e. The molecule has 0 bridgehead atoms. The second-order valence-electron chi connectivity index (χ2n) is 5.11. The second kappa shape index (κ2) is 8.13. The molecule has 1 aromatic heterocycles. The summed E-state index contributed by atoms with van der Waals surface area (Å²) >= 11 is 3.44. The van der Waals surface area contributed by atoms with Crippen molar-refractivity contribution in [1.82, 2.24) is 9.78 Å². The number of unbranched alkanes of at least 4 members (excludes halogenated alkanes) is 1. The summed E-state index contributed by atoms with van der Waals surface area (Å²) in [7, 11) is 0. The first-order valence-electron chi connectivity index (χ1n) is 7.62. The Kier molecular flexibility index (Phi) is 6.19. The molecule has 0 N–H and O–H groups in total. The first-order valence-corrected chi connectivity index (χ1v) is 8.41. The van der Waals surface area contributed by atoms with Crippen LogP contribution in [0.1, 0.15) is 48.3 Å². The van der Waals surface area contributed by atoms with Gasteiger partial charge in [0.25, 0.3) is 0 Å². The molecule has 0 amide bonds. The first kappa shape index (κ1) is 16.7. The average molecular weight is 365 g/mol. The maximum atomic E-state index is 12.1. The number of esters is 1. The van der Waals surface area contributed by atoms with E-state index in [1.54, 1.807) is 6.20 Å². The maximum absolute atomic E-state index is 12.1. The summed E-state index contributed by atoms with van der Waals surface area (Å²) in [6.07, 6.45) is 4.43. The molecule has 0 saturated heterocycles. The van der Waals surface area contributed by atoms with Gasteiger partial charge < -0.3 is 4.74 Å². The van der Waals surface area contributed by atoms with Crippen LogP contribution in [0.4, 0.5) is 0 Å². The SMILES string of the molecule is CCCCn1ncc(C(=O)OCC)c1Cc1ccc(Br)cc1. The third-order valence-corrected chi connectivity index (χ3v) is 3.98. The molecule has 0 radical (unpaired) electrons. The van der Waals surface area contributed by atoms with Gasteiger partial charge in [0.1, 0.15) is 5.56 Å². The summed E-state index contributed by atoms with van der Waals surface area (Å²) in [6.45, 7) is 5.15. The van der Waals surface area contributed by atoms with Crippen molar-refractivity contribution in [3.63, 3.8) is 0 Å². The fraction of sp³-hybridized carbons (Fsp3) is 0.412. The maximum Gasteiger partial charge on any atom is 0.341 e. The van der Waals surface area contributed by atoms with Crippen LogP contribution in [0.25, 0.3) is 0 Å². The summed E-state index contributed by atoms with van der Waals surface area (Å²) in [5, 5.41) is 4.38. The largest absolute Gasteiger partial charge is 0.462 e. The van der Waals surface area contributed by atoms with Crippen LogP contribution in [-0.2, 0) is 17.7 Å². The van der Waals surface area contributed by atoms with Gasteiger partial charge in [-0.3, -0.25) is 4.68 Å². The van der Waals surface area contributed by atoms with Gasteiger partial charge in [-0.05, 0) is 31.0 Å². The van der Waals surface area contributed by atoms with Crippen LogP contribution in [-0.4, -0.2) is 22.4 Å². The Morgan fingerprint density at radius 2 is 2.00 bits per heavy atom. The third-order valence-electron chi connectivity index (χ3n) is 3.45. The smallest absolute Gasteiger partial charge is 0.341 e. The van der Waals surface area contributed by atoms with Crippen molar-refractivity contribution in [2.24, 2.45) is 0 Å². The summed E-state index contributed by atoms with van der Waals surface area (Å²) < 4.78 is 8.11. The molecule has 0 spiro atoms. The van der Waals surface area contributed by atoms with Crippen LogP contribution < -0.4 is 0 Å². The molecule has 5 heteroatoms. The van der Waals surface area contributed by atoms with Gasteiger partial charge in [-0.25, -0.2) is 4.79 Å². The van der Waals surface area contributed by atoms with E-state index in [-0.39, 0.29) is 5.97 Å². The fourth-order valence-corrected chi connectivity index (χ4v) is 2.54. The van der Waals surface area contributed by atoms with E-state index in [1.165, 1.54) is 0 Å². The highest BCUT2D eigenvalue weighted by Crippen LogP contribution is 2.18. The topological polar surface area (TPSA) is 44.1 Å². The summed E-state index contributed by atoms with van der Waals surface area (Å²) in [5.74, 6) is -0.294. The monoisotopic (exact) mass is 364 g/mol. The van der Waals surface area contributed by atoms with E-state index in [0.29, 0.717) is 18.6 Å². The van der Waals surface area contributed by atoms with E-state index in [1.807, 2.05) is 23.7 Å². The highest BCUT2D eigenvalue weighted by molar-refractivity contribution is 9.10. The normalized spacial score (nSPS) is 10.7. The minimum atomic E-state index is -0.294. The number of rotatable bonds is 7. The molecule has 0 aliphatic rings. The Morgan fingerprint density at radius 1 is 1.27 bits per heavy atom. The summed E-state index contributed by atoms with van der Waals surface area (Å²) in [4.78, 5) is 12.1. The lowest BCUT2D eigenvalue weighted by Crippen LogP contribution is -2.11. The number of hydrogen-bond acceptors (Lipinski definition) is 3. The Hall–Kier alpha value is -1.62. The zero-order chi connectivity index (χ0) is 15.9.